The summed E-state index contributed by atoms with van der Waals surface area (Å²) in [5, 5.41) is 3.66. The van der Waals surface area contributed by atoms with E-state index in [1.54, 1.807) is 0 Å². The first-order valence-corrected chi connectivity index (χ1v) is 4.82. The van der Waals surface area contributed by atoms with Crippen molar-refractivity contribution in [3.05, 3.63) is 10.4 Å². The van der Waals surface area contributed by atoms with Crippen molar-refractivity contribution in [2.45, 2.75) is 47.8 Å². The second-order valence-corrected chi connectivity index (χ2v) is 5.79. The van der Waals surface area contributed by atoms with E-state index in [2.05, 4.69) is 30.8 Å². The monoisotopic (exact) mass is 199 g/mol. The van der Waals surface area contributed by atoms with E-state index in [1.807, 2.05) is 20.8 Å². The third kappa shape index (κ3) is 5.84. The number of azide groups is 1. The molecule has 0 aromatic carbocycles. The van der Waals surface area contributed by atoms with Gasteiger partial charge in [-0.1, -0.05) is 46.7 Å². The van der Waals surface area contributed by atoms with Crippen LogP contribution in [0.5, 0.6) is 0 Å². The minimum atomic E-state index is -0.397. The molecule has 4 heteroatoms. The van der Waals surface area contributed by atoms with Crippen LogP contribution in [0.2, 0.25) is 0 Å². The van der Waals surface area contributed by atoms with Gasteiger partial charge in [-0.25, -0.2) is 0 Å². The Bertz CT molecular complexity index is 219. The fraction of sp³-hybridized carbons (Fsp3) is 1.00. The zero-order chi connectivity index (χ0) is 11.4. The molecule has 0 aliphatic carbocycles. The summed E-state index contributed by atoms with van der Waals surface area (Å²) in [6, 6.07) is 0. The van der Waals surface area contributed by atoms with Gasteiger partial charge in [0.1, 0.15) is 6.23 Å². The summed E-state index contributed by atoms with van der Waals surface area (Å²) < 4.78 is 5.59. The maximum Gasteiger partial charge on any atom is 0.141 e. The van der Waals surface area contributed by atoms with E-state index in [9.17, 15) is 0 Å². The second-order valence-electron chi connectivity index (χ2n) is 5.79. The third-order valence-corrected chi connectivity index (χ3v) is 1.57. The largest absolute Gasteiger partial charge is 0.371 e. The number of hydrogen-bond donors (Lipinski definition) is 0. The highest BCUT2D eigenvalue weighted by Gasteiger charge is 2.25. The number of hydrogen-bond acceptors (Lipinski definition) is 2. The number of nitrogens with zero attached hydrogens (tertiary/aromatic N) is 3. The predicted octanol–water partition coefficient (Wildman–Crippen LogP) is 3.73. The molecule has 0 N–H and O–H groups in total. The summed E-state index contributed by atoms with van der Waals surface area (Å²) in [7, 11) is 0. The molecule has 0 bridgehead atoms. The highest BCUT2D eigenvalue weighted by molar-refractivity contribution is 4.74. The molecule has 1 unspecified atom stereocenters. The van der Waals surface area contributed by atoms with Crippen molar-refractivity contribution >= 4 is 0 Å². The average molecular weight is 199 g/mol. The molecule has 0 saturated carbocycles. The Morgan fingerprint density at radius 3 is 2.00 bits per heavy atom. The molecule has 0 amide bonds. The highest BCUT2D eigenvalue weighted by Crippen LogP contribution is 2.25. The minimum absolute atomic E-state index is 0.0917. The molecule has 0 aromatic heterocycles. The maximum atomic E-state index is 8.41. The first kappa shape index (κ1) is 13.3. The van der Waals surface area contributed by atoms with Gasteiger partial charge in [-0.15, -0.1) is 0 Å². The van der Waals surface area contributed by atoms with Crippen LogP contribution in [0.4, 0.5) is 0 Å². The lowest BCUT2D eigenvalue weighted by molar-refractivity contribution is -0.0428. The summed E-state index contributed by atoms with van der Waals surface area (Å²) in [4.78, 5) is 2.80. The molecule has 14 heavy (non-hydrogen) atoms. The van der Waals surface area contributed by atoms with Crippen molar-refractivity contribution in [2.24, 2.45) is 15.9 Å². The molecule has 0 radical (unpaired) electrons. The molecule has 0 heterocycles. The van der Waals surface area contributed by atoms with E-state index >= 15 is 0 Å². The van der Waals surface area contributed by atoms with Gasteiger partial charge in [0.25, 0.3) is 0 Å². The van der Waals surface area contributed by atoms with Crippen LogP contribution in [0, 0.1) is 10.8 Å². The molecular weight excluding hydrogens is 178 g/mol. The van der Waals surface area contributed by atoms with E-state index in [1.165, 1.54) is 0 Å². The van der Waals surface area contributed by atoms with Gasteiger partial charge in [0.15, 0.2) is 0 Å². The molecule has 0 rings (SSSR count). The van der Waals surface area contributed by atoms with Crippen molar-refractivity contribution in [1.82, 2.24) is 0 Å². The average Bonchev–Trinajstić information content (AvgIpc) is 1.93. The molecule has 0 spiro atoms. The van der Waals surface area contributed by atoms with Crippen molar-refractivity contribution in [3.8, 4) is 0 Å². The first-order valence-electron chi connectivity index (χ1n) is 4.82. The number of ether oxygens (including phenoxy) is 1. The zero-order valence-corrected chi connectivity index (χ0v) is 10.0. The molecular formula is C10H21N3O. The van der Waals surface area contributed by atoms with Gasteiger partial charge in [0.05, 0.1) is 6.61 Å². The molecule has 1 atom stereocenters. The lowest BCUT2D eigenvalue weighted by Gasteiger charge is -2.29. The van der Waals surface area contributed by atoms with Crippen LogP contribution >= 0.6 is 0 Å². The van der Waals surface area contributed by atoms with E-state index in [0.717, 1.165) is 0 Å². The Balaban J connectivity index is 4.34. The first-order chi connectivity index (χ1) is 6.17. The molecule has 0 fully saturated rings. The number of rotatable bonds is 3. The van der Waals surface area contributed by atoms with Gasteiger partial charge in [0.2, 0.25) is 0 Å². The van der Waals surface area contributed by atoms with Crippen molar-refractivity contribution in [2.75, 3.05) is 6.61 Å². The van der Waals surface area contributed by atoms with E-state index in [-0.39, 0.29) is 10.8 Å². The third-order valence-electron chi connectivity index (χ3n) is 1.57. The smallest absolute Gasteiger partial charge is 0.141 e. The highest BCUT2D eigenvalue weighted by atomic mass is 16.5. The quantitative estimate of drug-likeness (QED) is 0.388. The topological polar surface area (TPSA) is 58.0 Å². The van der Waals surface area contributed by atoms with Crippen LogP contribution in [0.25, 0.3) is 10.4 Å². The van der Waals surface area contributed by atoms with E-state index in [4.69, 9.17) is 10.3 Å². The van der Waals surface area contributed by atoms with Crippen molar-refractivity contribution in [1.29, 1.82) is 0 Å². The summed E-state index contributed by atoms with van der Waals surface area (Å²) in [5.41, 5.74) is 8.34. The van der Waals surface area contributed by atoms with Gasteiger partial charge in [-0.2, -0.15) is 0 Å². The summed E-state index contributed by atoms with van der Waals surface area (Å²) >= 11 is 0. The Kier molecular flexibility index (Phi) is 4.43. The molecule has 82 valence electrons. The van der Waals surface area contributed by atoms with Crippen LogP contribution in [0.15, 0.2) is 5.11 Å². The van der Waals surface area contributed by atoms with Gasteiger partial charge in [0, 0.05) is 4.91 Å². The van der Waals surface area contributed by atoms with Gasteiger partial charge in [-0.3, -0.25) is 0 Å². The van der Waals surface area contributed by atoms with Gasteiger partial charge < -0.3 is 4.74 Å². The Labute approximate surface area is 86.3 Å². The molecule has 0 saturated heterocycles. The second kappa shape index (κ2) is 4.67. The SMILES string of the molecule is CC(C)(C)COC(N=[N+]=[N-])C(C)(C)C. The fourth-order valence-electron chi connectivity index (χ4n) is 0.832. The van der Waals surface area contributed by atoms with Gasteiger partial charge >= 0.3 is 0 Å². The standard InChI is InChI=1S/C10H21N3O/c1-9(2,3)7-14-8(12-13-11)10(4,5)6/h8H,7H2,1-6H3. The normalized spacial score (nSPS) is 14.7. The Morgan fingerprint density at radius 2 is 1.71 bits per heavy atom. The van der Waals surface area contributed by atoms with Gasteiger partial charge in [-0.05, 0) is 16.4 Å². The lowest BCUT2D eigenvalue weighted by atomic mass is 9.94. The van der Waals surface area contributed by atoms with E-state index < -0.39 is 6.23 Å². The summed E-state index contributed by atoms with van der Waals surface area (Å²) in [5.74, 6) is 0. The van der Waals surface area contributed by atoms with Crippen molar-refractivity contribution < 1.29 is 4.74 Å². The lowest BCUT2D eigenvalue weighted by Crippen LogP contribution is -2.30. The maximum absolute atomic E-state index is 8.41. The summed E-state index contributed by atoms with van der Waals surface area (Å²) in [6.45, 7) is 12.8. The fourth-order valence-corrected chi connectivity index (χ4v) is 0.832. The Morgan fingerprint density at radius 1 is 1.21 bits per heavy atom. The molecule has 0 aliphatic heterocycles. The van der Waals surface area contributed by atoms with Crippen molar-refractivity contribution in [3.63, 3.8) is 0 Å². The van der Waals surface area contributed by atoms with Crippen LogP contribution in [-0.4, -0.2) is 12.8 Å². The molecule has 0 aliphatic rings. The predicted molar refractivity (Wildman–Crippen MR) is 57.8 cm³/mol. The van der Waals surface area contributed by atoms with Crippen LogP contribution in [0.1, 0.15) is 41.5 Å². The van der Waals surface area contributed by atoms with Crippen LogP contribution in [0.3, 0.4) is 0 Å². The Hall–Kier alpha value is -0.730. The zero-order valence-electron chi connectivity index (χ0n) is 10.0. The molecule has 0 aromatic rings. The summed E-state index contributed by atoms with van der Waals surface area (Å²) in [6.07, 6.45) is -0.397. The van der Waals surface area contributed by atoms with E-state index in [0.29, 0.717) is 6.61 Å². The van der Waals surface area contributed by atoms with Crippen LogP contribution < -0.4 is 0 Å². The van der Waals surface area contributed by atoms with Crippen LogP contribution in [-0.2, 0) is 4.74 Å². The minimum Gasteiger partial charge on any atom is -0.371 e. The molecule has 4 nitrogen and oxygen atoms in total.